The van der Waals surface area contributed by atoms with Gasteiger partial charge in [-0.05, 0) is 23.3 Å². The van der Waals surface area contributed by atoms with Gasteiger partial charge in [0.1, 0.15) is 0 Å². The maximum Gasteiger partial charge on any atom is 0.281 e. The largest absolute Gasteiger partial charge is 0.372 e. The van der Waals surface area contributed by atoms with Gasteiger partial charge in [-0.1, -0.05) is 17.7 Å². The first kappa shape index (κ1) is 14.0. The molecule has 2 aromatic heterocycles. The minimum atomic E-state index is -3.83. The molecule has 22 heavy (non-hydrogen) atoms. The number of aromatic nitrogens is 2. The number of thiazole rings is 1. The molecule has 3 aromatic rings. The lowest BCUT2D eigenvalue weighted by atomic mass is 10.1. The smallest absolute Gasteiger partial charge is 0.281 e. The number of fused-ring (bicyclic) bond motifs is 2. The van der Waals surface area contributed by atoms with Crippen LogP contribution in [0.4, 0.5) is 5.69 Å². The van der Waals surface area contributed by atoms with Gasteiger partial charge in [-0.15, -0.1) is 11.3 Å². The molecule has 1 N–H and O–H groups in total. The van der Waals surface area contributed by atoms with E-state index in [1.165, 1.54) is 15.7 Å². The number of benzene rings is 1. The molecule has 0 atom stereocenters. The summed E-state index contributed by atoms with van der Waals surface area (Å²) in [7, 11) is -3.83. The number of hydrogen-bond acceptors (Lipinski definition) is 5. The van der Waals surface area contributed by atoms with Crippen molar-refractivity contribution < 1.29 is 13.2 Å². The lowest BCUT2D eigenvalue weighted by Crippen LogP contribution is -2.15. The molecule has 1 aliphatic rings. The highest BCUT2D eigenvalue weighted by molar-refractivity contribution is 7.92. The van der Waals surface area contributed by atoms with E-state index in [0.717, 1.165) is 11.1 Å². The van der Waals surface area contributed by atoms with Crippen molar-refractivity contribution in [1.29, 1.82) is 0 Å². The minimum absolute atomic E-state index is 0.0381. The Bertz CT molecular complexity index is 978. The Morgan fingerprint density at radius 2 is 2.14 bits per heavy atom. The van der Waals surface area contributed by atoms with E-state index >= 15 is 0 Å². The first-order chi connectivity index (χ1) is 10.5. The van der Waals surface area contributed by atoms with E-state index in [4.69, 9.17) is 16.3 Å². The molecule has 0 fully saturated rings. The van der Waals surface area contributed by atoms with Crippen molar-refractivity contribution >= 4 is 43.6 Å². The number of ether oxygens (including phenoxy) is 1. The van der Waals surface area contributed by atoms with Crippen LogP contribution in [-0.2, 0) is 28.0 Å². The van der Waals surface area contributed by atoms with Crippen molar-refractivity contribution in [2.45, 2.75) is 18.2 Å². The molecule has 114 valence electrons. The fraction of sp³-hybridized carbons (Fsp3) is 0.154. The SMILES string of the molecule is O=S(=O)(Nc1ccc2c(c1)COC2)c1c(Cl)nc2sccn12. The standard InChI is InChI=1S/C13H10ClN3O3S2/c14-11-12(17-3-4-21-13(17)15-11)22(18,19)16-10-2-1-8-6-20-7-9(8)5-10/h1-5,16H,6-7H2. The van der Waals surface area contributed by atoms with Crippen molar-refractivity contribution in [1.82, 2.24) is 9.38 Å². The van der Waals surface area contributed by atoms with Crippen LogP contribution in [0.5, 0.6) is 0 Å². The number of anilines is 1. The van der Waals surface area contributed by atoms with E-state index in [0.29, 0.717) is 23.9 Å². The number of sulfonamides is 1. The van der Waals surface area contributed by atoms with Crippen LogP contribution in [0.15, 0.2) is 34.8 Å². The van der Waals surface area contributed by atoms with E-state index in [-0.39, 0.29) is 10.2 Å². The van der Waals surface area contributed by atoms with Crippen molar-refractivity contribution in [3.63, 3.8) is 0 Å². The van der Waals surface area contributed by atoms with E-state index in [9.17, 15) is 8.42 Å². The number of halogens is 1. The zero-order valence-corrected chi connectivity index (χ0v) is 13.5. The highest BCUT2D eigenvalue weighted by atomic mass is 35.5. The molecule has 0 aliphatic carbocycles. The van der Waals surface area contributed by atoms with Crippen LogP contribution in [-0.4, -0.2) is 17.8 Å². The molecular weight excluding hydrogens is 346 g/mol. The molecule has 3 heterocycles. The lowest BCUT2D eigenvalue weighted by Gasteiger charge is -2.08. The molecule has 0 bridgehead atoms. The Labute approximate surface area is 135 Å². The van der Waals surface area contributed by atoms with Crippen molar-refractivity contribution in [2.75, 3.05) is 4.72 Å². The number of nitrogens with zero attached hydrogens (tertiary/aromatic N) is 2. The van der Waals surface area contributed by atoms with E-state index in [1.807, 2.05) is 6.07 Å². The Kier molecular flexibility index (Phi) is 3.15. The molecule has 0 unspecified atom stereocenters. The fourth-order valence-electron chi connectivity index (χ4n) is 2.42. The summed E-state index contributed by atoms with van der Waals surface area (Å²) in [4.78, 5) is 4.58. The van der Waals surface area contributed by atoms with Crippen LogP contribution in [0, 0.1) is 0 Å². The Hall–Kier alpha value is -1.61. The van der Waals surface area contributed by atoms with Gasteiger partial charge in [-0.25, -0.2) is 4.98 Å². The zero-order chi connectivity index (χ0) is 15.3. The number of hydrogen-bond donors (Lipinski definition) is 1. The monoisotopic (exact) mass is 355 g/mol. The van der Waals surface area contributed by atoms with Gasteiger partial charge in [0.2, 0.25) is 0 Å². The summed E-state index contributed by atoms with van der Waals surface area (Å²) in [5.41, 5.74) is 2.54. The molecule has 0 spiro atoms. The summed E-state index contributed by atoms with van der Waals surface area (Å²) in [6.07, 6.45) is 1.63. The summed E-state index contributed by atoms with van der Waals surface area (Å²) in [6, 6.07) is 5.35. The number of rotatable bonds is 3. The lowest BCUT2D eigenvalue weighted by molar-refractivity contribution is 0.134. The minimum Gasteiger partial charge on any atom is -0.372 e. The zero-order valence-electron chi connectivity index (χ0n) is 11.1. The average molecular weight is 356 g/mol. The summed E-state index contributed by atoms with van der Waals surface area (Å²) in [5, 5.41) is 1.66. The van der Waals surface area contributed by atoms with Gasteiger partial charge in [0.15, 0.2) is 15.1 Å². The third-order valence-corrected chi connectivity index (χ3v) is 5.94. The third kappa shape index (κ3) is 2.19. The third-order valence-electron chi connectivity index (χ3n) is 3.41. The molecule has 4 rings (SSSR count). The second-order valence-corrected chi connectivity index (χ2v) is 7.67. The number of imidazole rings is 1. The summed E-state index contributed by atoms with van der Waals surface area (Å²) < 4.78 is 34.6. The van der Waals surface area contributed by atoms with Gasteiger partial charge in [0, 0.05) is 17.3 Å². The van der Waals surface area contributed by atoms with E-state index in [2.05, 4.69) is 9.71 Å². The highest BCUT2D eigenvalue weighted by Crippen LogP contribution is 2.29. The maximum absolute atomic E-state index is 12.6. The topological polar surface area (TPSA) is 72.7 Å². The molecule has 1 aliphatic heterocycles. The highest BCUT2D eigenvalue weighted by Gasteiger charge is 2.25. The first-order valence-corrected chi connectivity index (χ1v) is 9.12. The van der Waals surface area contributed by atoms with Crippen LogP contribution in [0.1, 0.15) is 11.1 Å². The van der Waals surface area contributed by atoms with Gasteiger partial charge in [0.05, 0.1) is 13.2 Å². The number of nitrogens with one attached hydrogen (secondary N) is 1. The summed E-state index contributed by atoms with van der Waals surface area (Å²) in [5.74, 6) is 0. The summed E-state index contributed by atoms with van der Waals surface area (Å²) >= 11 is 7.31. The van der Waals surface area contributed by atoms with E-state index < -0.39 is 10.0 Å². The summed E-state index contributed by atoms with van der Waals surface area (Å²) in [6.45, 7) is 1.06. The van der Waals surface area contributed by atoms with Crippen LogP contribution in [0.25, 0.3) is 4.96 Å². The van der Waals surface area contributed by atoms with Gasteiger partial charge < -0.3 is 4.74 Å². The molecule has 0 amide bonds. The van der Waals surface area contributed by atoms with Crippen molar-refractivity contribution in [2.24, 2.45) is 0 Å². The molecule has 1 aromatic carbocycles. The first-order valence-electron chi connectivity index (χ1n) is 6.38. The quantitative estimate of drug-likeness (QED) is 0.784. The second-order valence-electron chi connectivity index (χ2n) is 4.85. The normalized spacial score (nSPS) is 14.4. The van der Waals surface area contributed by atoms with Gasteiger partial charge >= 0.3 is 0 Å². The van der Waals surface area contributed by atoms with Gasteiger partial charge in [-0.3, -0.25) is 9.12 Å². The Morgan fingerprint density at radius 3 is 3.00 bits per heavy atom. The average Bonchev–Trinajstić information content (AvgIpc) is 3.11. The van der Waals surface area contributed by atoms with Gasteiger partial charge in [-0.2, -0.15) is 8.42 Å². The van der Waals surface area contributed by atoms with Crippen LogP contribution in [0.2, 0.25) is 5.15 Å². The Balaban J connectivity index is 1.75. The molecule has 6 nitrogen and oxygen atoms in total. The molecule has 9 heteroatoms. The van der Waals surface area contributed by atoms with Crippen LogP contribution < -0.4 is 4.72 Å². The van der Waals surface area contributed by atoms with Crippen LogP contribution in [0.3, 0.4) is 0 Å². The van der Waals surface area contributed by atoms with E-state index in [1.54, 1.807) is 23.7 Å². The molecular formula is C13H10ClN3O3S2. The van der Waals surface area contributed by atoms with Crippen LogP contribution >= 0.6 is 22.9 Å². The van der Waals surface area contributed by atoms with Crippen molar-refractivity contribution in [3.05, 3.63) is 46.1 Å². The molecule has 0 radical (unpaired) electrons. The second kappa shape index (κ2) is 4.95. The molecule has 0 saturated heterocycles. The molecule has 0 saturated carbocycles. The fourth-order valence-corrected chi connectivity index (χ4v) is 4.92. The van der Waals surface area contributed by atoms with Crippen molar-refractivity contribution in [3.8, 4) is 0 Å². The van der Waals surface area contributed by atoms with Gasteiger partial charge in [0.25, 0.3) is 10.0 Å². The Morgan fingerprint density at radius 1 is 1.32 bits per heavy atom. The maximum atomic E-state index is 12.6. The predicted molar refractivity (Wildman–Crippen MR) is 83.8 cm³/mol. The predicted octanol–water partition coefficient (Wildman–Crippen LogP) is 2.88.